The number of primary amides is 1. The van der Waals surface area contributed by atoms with E-state index in [0.717, 1.165) is 16.7 Å². The van der Waals surface area contributed by atoms with Crippen LogP contribution < -0.4 is 5.73 Å². The second kappa shape index (κ2) is 10.2. The highest BCUT2D eigenvalue weighted by atomic mass is 16.5. The second-order valence-corrected chi connectivity index (χ2v) is 8.33. The third-order valence-electron chi connectivity index (χ3n) is 5.84. The van der Waals surface area contributed by atoms with Crippen LogP contribution in [0.4, 0.5) is 0 Å². The third-order valence-corrected chi connectivity index (χ3v) is 5.84. The van der Waals surface area contributed by atoms with Gasteiger partial charge in [-0.2, -0.15) is 0 Å². The van der Waals surface area contributed by atoms with Gasteiger partial charge in [-0.05, 0) is 6.92 Å². The van der Waals surface area contributed by atoms with Gasteiger partial charge in [-0.3, -0.25) is 9.59 Å². The molecule has 184 valence electrons. The number of amides is 2. The van der Waals surface area contributed by atoms with E-state index < -0.39 is 11.8 Å². The number of carbonyl (C=O) groups is 2. The number of benzene rings is 2. The molecule has 0 aliphatic heterocycles. The second-order valence-electron chi connectivity index (χ2n) is 8.33. The number of hydrogen-bond acceptors (Lipinski definition) is 7. The van der Waals surface area contributed by atoms with Crippen LogP contribution in [0.5, 0.6) is 0 Å². The number of carbonyl (C=O) groups excluding carboxylic acids is 2. The average molecular weight is 494 g/mol. The molecule has 10 nitrogen and oxygen atoms in total. The molecule has 0 saturated heterocycles. The van der Waals surface area contributed by atoms with Crippen molar-refractivity contribution in [1.29, 1.82) is 0 Å². The summed E-state index contributed by atoms with van der Waals surface area (Å²) in [6, 6.07) is 19.2. The number of hydrogen-bond donors (Lipinski definition) is 2. The summed E-state index contributed by atoms with van der Waals surface area (Å²) in [6.07, 6.45) is 4.34. The Morgan fingerprint density at radius 2 is 1.54 bits per heavy atom. The zero-order valence-electron chi connectivity index (χ0n) is 20.0. The summed E-state index contributed by atoms with van der Waals surface area (Å²) in [5, 5.41) is 4.23. The molecule has 37 heavy (non-hydrogen) atoms. The summed E-state index contributed by atoms with van der Waals surface area (Å²) in [5.74, 6) is -0.111. The smallest absolute Gasteiger partial charge is 0.275 e. The van der Waals surface area contributed by atoms with Crippen molar-refractivity contribution in [1.82, 2.24) is 30.0 Å². The number of nitrogens with two attached hydrogens (primary N) is 1. The largest absolute Gasteiger partial charge is 0.364 e. The van der Waals surface area contributed by atoms with E-state index in [-0.39, 0.29) is 24.5 Å². The monoisotopic (exact) mass is 493 g/mol. The molecule has 0 fully saturated rings. The van der Waals surface area contributed by atoms with E-state index in [9.17, 15) is 9.59 Å². The summed E-state index contributed by atoms with van der Waals surface area (Å²) in [6.45, 7) is 2.07. The zero-order chi connectivity index (χ0) is 25.8. The number of aromatic nitrogens is 5. The number of nitrogens with one attached hydrogen (secondary N) is 1. The lowest BCUT2D eigenvalue weighted by Gasteiger charge is -2.22. The van der Waals surface area contributed by atoms with Gasteiger partial charge in [0.15, 0.2) is 11.4 Å². The Morgan fingerprint density at radius 1 is 0.892 bits per heavy atom. The summed E-state index contributed by atoms with van der Waals surface area (Å²) < 4.78 is 5.50. The molecule has 0 bridgehead atoms. The maximum Gasteiger partial charge on any atom is 0.275 e. The Hall–Kier alpha value is -5.12. The number of nitrogens with zero attached hydrogens (tertiary/aromatic N) is 5. The summed E-state index contributed by atoms with van der Waals surface area (Å²) >= 11 is 0. The Morgan fingerprint density at radius 3 is 2.22 bits per heavy atom. The lowest BCUT2D eigenvalue weighted by atomic mass is 10.1. The maximum absolute atomic E-state index is 13.8. The average Bonchev–Trinajstić information content (AvgIpc) is 3.55. The van der Waals surface area contributed by atoms with Gasteiger partial charge in [-0.15, -0.1) is 0 Å². The zero-order valence-corrected chi connectivity index (χ0v) is 20.0. The van der Waals surface area contributed by atoms with Gasteiger partial charge >= 0.3 is 0 Å². The fraction of sp³-hybridized carbons (Fsp3) is 0.111. The Balaban J connectivity index is 1.53. The van der Waals surface area contributed by atoms with Gasteiger partial charge < -0.3 is 20.1 Å². The molecule has 3 N–H and O–H groups in total. The lowest BCUT2D eigenvalue weighted by molar-refractivity contribution is 0.0716. The highest BCUT2D eigenvalue weighted by molar-refractivity contribution is 6.04. The maximum atomic E-state index is 13.8. The molecule has 0 aliphatic carbocycles. The van der Waals surface area contributed by atoms with E-state index in [1.54, 1.807) is 13.1 Å². The van der Waals surface area contributed by atoms with Crippen molar-refractivity contribution < 1.29 is 14.1 Å². The van der Waals surface area contributed by atoms with Crippen molar-refractivity contribution in [3.63, 3.8) is 0 Å². The van der Waals surface area contributed by atoms with E-state index in [4.69, 9.17) is 10.3 Å². The molecule has 5 aromatic rings. The fourth-order valence-electron chi connectivity index (χ4n) is 4.00. The molecule has 5 rings (SSSR count). The Bertz CT molecular complexity index is 1540. The number of rotatable bonds is 8. The van der Waals surface area contributed by atoms with Crippen LogP contribution in [0.2, 0.25) is 0 Å². The molecule has 3 heterocycles. The predicted molar refractivity (Wildman–Crippen MR) is 135 cm³/mol. The number of aromatic amines is 1. The van der Waals surface area contributed by atoms with Crippen LogP contribution >= 0.6 is 0 Å². The molecular weight excluding hydrogens is 470 g/mol. The molecule has 2 amide bonds. The van der Waals surface area contributed by atoms with Gasteiger partial charge in [0.1, 0.15) is 17.3 Å². The summed E-state index contributed by atoms with van der Waals surface area (Å²) in [5.41, 5.74) is 8.96. The first kappa shape index (κ1) is 23.6. The molecule has 3 aromatic heterocycles. The van der Waals surface area contributed by atoms with Crippen LogP contribution in [0, 0.1) is 6.92 Å². The van der Waals surface area contributed by atoms with E-state index >= 15 is 0 Å². The van der Waals surface area contributed by atoms with Crippen molar-refractivity contribution >= 4 is 11.8 Å². The first-order chi connectivity index (χ1) is 18.0. The Kier molecular flexibility index (Phi) is 6.54. The van der Waals surface area contributed by atoms with Crippen molar-refractivity contribution in [2.75, 3.05) is 0 Å². The standard InChI is InChI=1S/C27H23N7O3/c1-17-21(22(33-37-17)18-8-4-2-5-9-18)16-34(27(36)24-23(25(28)35)29-12-13-30-24)15-20-14-31-26(32-20)19-10-6-3-7-11-19/h2-14H,15-16H2,1H3,(H2,28,35)(H,31,32). The predicted octanol–water partition coefficient (Wildman–Crippen LogP) is 3.77. The van der Waals surface area contributed by atoms with Gasteiger partial charge in [-0.25, -0.2) is 15.0 Å². The normalized spacial score (nSPS) is 10.8. The fourth-order valence-corrected chi connectivity index (χ4v) is 4.00. The number of H-pyrrole nitrogens is 1. The Labute approximate surface area is 212 Å². The van der Waals surface area contributed by atoms with Gasteiger partial charge in [0.2, 0.25) is 0 Å². The van der Waals surface area contributed by atoms with E-state index in [1.807, 2.05) is 60.7 Å². The van der Waals surface area contributed by atoms with E-state index in [0.29, 0.717) is 23.0 Å². The van der Waals surface area contributed by atoms with Crippen molar-refractivity contribution in [2.45, 2.75) is 20.0 Å². The summed E-state index contributed by atoms with van der Waals surface area (Å²) in [4.78, 5) is 43.1. The highest BCUT2D eigenvalue weighted by Crippen LogP contribution is 2.27. The minimum Gasteiger partial charge on any atom is -0.364 e. The van der Waals surface area contributed by atoms with Gasteiger partial charge in [-0.1, -0.05) is 65.8 Å². The third kappa shape index (κ3) is 4.98. The molecular formula is C27H23N7O3. The number of imidazole rings is 1. The van der Waals surface area contributed by atoms with Crippen molar-refractivity contribution in [3.05, 3.63) is 108 Å². The van der Waals surface area contributed by atoms with Crippen LogP contribution in [-0.4, -0.2) is 41.8 Å². The molecule has 0 aliphatic rings. The SMILES string of the molecule is Cc1onc(-c2ccccc2)c1CN(Cc1cnc(-c2ccccc2)[nH]1)C(=O)c1nccnc1C(N)=O. The topological polar surface area (TPSA) is 144 Å². The van der Waals surface area contributed by atoms with Crippen LogP contribution in [-0.2, 0) is 13.1 Å². The first-order valence-corrected chi connectivity index (χ1v) is 11.5. The van der Waals surface area contributed by atoms with Crippen LogP contribution in [0.25, 0.3) is 22.6 Å². The van der Waals surface area contributed by atoms with Gasteiger partial charge in [0, 0.05) is 29.1 Å². The van der Waals surface area contributed by atoms with Crippen LogP contribution in [0.3, 0.4) is 0 Å². The molecule has 10 heteroatoms. The molecule has 0 atom stereocenters. The molecule has 0 unspecified atom stereocenters. The molecule has 0 radical (unpaired) electrons. The quantitative estimate of drug-likeness (QED) is 0.335. The minimum absolute atomic E-state index is 0.131. The molecule has 0 spiro atoms. The lowest BCUT2D eigenvalue weighted by Crippen LogP contribution is -2.33. The molecule has 2 aromatic carbocycles. The van der Waals surface area contributed by atoms with Crippen LogP contribution in [0.15, 0.2) is 83.8 Å². The molecule has 0 saturated carbocycles. The van der Waals surface area contributed by atoms with Gasteiger partial charge in [0.05, 0.1) is 25.0 Å². The minimum atomic E-state index is -0.838. The van der Waals surface area contributed by atoms with Crippen molar-refractivity contribution in [3.8, 4) is 22.6 Å². The van der Waals surface area contributed by atoms with Crippen molar-refractivity contribution in [2.24, 2.45) is 5.73 Å². The van der Waals surface area contributed by atoms with E-state index in [1.165, 1.54) is 17.3 Å². The summed E-state index contributed by atoms with van der Waals surface area (Å²) in [7, 11) is 0. The van der Waals surface area contributed by atoms with Crippen LogP contribution in [0.1, 0.15) is 38.0 Å². The highest BCUT2D eigenvalue weighted by Gasteiger charge is 2.27. The van der Waals surface area contributed by atoms with Gasteiger partial charge in [0.25, 0.3) is 11.8 Å². The first-order valence-electron chi connectivity index (χ1n) is 11.5. The van der Waals surface area contributed by atoms with E-state index in [2.05, 4.69) is 25.1 Å². The number of aryl methyl sites for hydroxylation is 1.